The topological polar surface area (TPSA) is 125 Å². The number of carbonyl (C=O) groups excluding carboxylic acids is 3. The summed E-state index contributed by atoms with van der Waals surface area (Å²) >= 11 is 0. The predicted molar refractivity (Wildman–Crippen MR) is 88.2 cm³/mol. The van der Waals surface area contributed by atoms with Gasteiger partial charge in [-0.25, -0.2) is 0 Å². The molecule has 0 aliphatic rings. The molecule has 0 unspecified atom stereocenters. The molecule has 0 radical (unpaired) electrons. The standard InChI is InChI=1S/C17H22N4O3/c1-12(13-6-3-2-4-7-13)20-15(22)9-10-16(23)21-14(17(19)24)8-5-11-18/h2-4,6-7,12,14H,5,8-10H2,1H3,(H2,19,24)(H,20,22)(H,21,23)/t12-,14-/m1/s1. The normalized spacial score (nSPS) is 12.5. The van der Waals surface area contributed by atoms with Crippen LogP contribution in [0.5, 0.6) is 0 Å². The highest BCUT2D eigenvalue weighted by molar-refractivity contribution is 5.88. The monoisotopic (exact) mass is 330 g/mol. The van der Waals surface area contributed by atoms with Gasteiger partial charge >= 0.3 is 0 Å². The third kappa shape index (κ3) is 6.92. The van der Waals surface area contributed by atoms with Crippen molar-refractivity contribution in [3.05, 3.63) is 35.9 Å². The highest BCUT2D eigenvalue weighted by atomic mass is 16.2. The molecule has 3 amide bonds. The van der Waals surface area contributed by atoms with Crippen molar-refractivity contribution in [2.75, 3.05) is 0 Å². The zero-order valence-electron chi connectivity index (χ0n) is 13.6. The Labute approximate surface area is 141 Å². The van der Waals surface area contributed by atoms with Gasteiger partial charge in [0.25, 0.3) is 0 Å². The summed E-state index contributed by atoms with van der Waals surface area (Å²) in [6, 6.07) is 10.3. The number of rotatable bonds is 9. The maximum atomic E-state index is 11.9. The average Bonchev–Trinajstić information content (AvgIpc) is 2.57. The van der Waals surface area contributed by atoms with Crippen LogP contribution in [0.15, 0.2) is 30.3 Å². The third-order valence-electron chi connectivity index (χ3n) is 3.48. The summed E-state index contributed by atoms with van der Waals surface area (Å²) in [7, 11) is 0. The lowest BCUT2D eigenvalue weighted by Crippen LogP contribution is -2.44. The molecular weight excluding hydrogens is 308 g/mol. The van der Waals surface area contributed by atoms with E-state index in [9.17, 15) is 14.4 Å². The summed E-state index contributed by atoms with van der Waals surface area (Å²) in [5, 5.41) is 13.8. The Balaban J connectivity index is 2.39. The molecule has 0 aliphatic heterocycles. The Morgan fingerprint density at radius 1 is 1.12 bits per heavy atom. The molecule has 0 heterocycles. The van der Waals surface area contributed by atoms with E-state index in [1.807, 2.05) is 43.3 Å². The van der Waals surface area contributed by atoms with Crippen molar-refractivity contribution >= 4 is 17.7 Å². The number of hydrogen-bond donors (Lipinski definition) is 3. The Bertz CT molecular complexity index is 610. The second-order valence-corrected chi connectivity index (χ2v) is 5.42. The van der Waals surface area contributed by atoms with Crippen LogP contribution in [0.1, 0.15) is 44.2 Å². The van der Waals surface area contributed by atoms with E-state index in [0.717, 1.165) is 5.56 Å². The maximum Gasteiger partial charge on any atom is 0.240 e. The van der Waals surface area contributed by atoms with Crippen molar-refractivity contribution in [2.24, 2.45) is 5.73 Å². The zero-order valence-corrected chi connectivity index (χ0v) is 13.6. The summed E-state index contributed by atoms with van der Waals surface area (Å²) in [6.07, 6.45) is 0.230. The van der Waals surface area contributed by atoms with Crippen LogP contribution in [0.25, 0.3) is 0 Å². The first-order valence-corrected chi connectivity index (χ1v) is 7.74. The van der Waals surface area contributed by atoms with Crippen molar-refractivity contribution in [2.45, 2.75) is 44.7 Å². The lowest BCUT2D eigenvalue weighted by Gasteiger charge is -2.15. The Morgan fingerprint density at radius 3 is 2.25 bits per heavy atom. The van der Waals surface area contributed by atoms with Crippen LogP contribution in [0.3, 0.4) is 0 Å². The molecule has 0 aromatic heterocycles. The van der Waals surface area contributed by atoms with Crippen molar-refractivity contribution < 1.29 is 14.4 Å². The van der Waals surface area contributed by atoms with Crippen LogP contribution in [0.4, 0.5) is 0 Å². The van der Waals surface area contributed by atoms with E-state index >= 15 is 0 Å². The van der Waals surface area contributed by atoms with Gasteiger partial charge in [0.1, 0.15) is 6.04 Å². The fourth-order valence-corrected chi connectivity index (χ4v) is 2.13. The first kappa shape index (κ1) is 19.2. The predicted octanol–water partition coefficient (Wildman–Crippen LogP) is 0.918. The highest BCUT2D eigenvalue weighted by Crippen LogP contribution is 2.11. The number of nitrogens with zero attached hydrogens (tertiary/aromatic N) is 1. The molecule has 2 atom stereocenters. The van der Waals surface area contributed by atoms with E-state index in [-0.39, 0.29) is 37.6 Å². The molecule has 0 bridgehead atoms. The van der Waals surface area contributed by atoms with E-state index in [1.165, 1.54) is 0 Å². The van der Waals surface area contributed by atoms with E-state index in [2.05, 4.69) is 10.6 Å². The van der Waals surface area contributed by atoms with Gasteiger partial charge in [-0.3, -0.25) is 14.4 Å². The first-order chi connectivity index (χ1) is 11.4. The lowest BCUT2D eigenvalue weighted by atomic mass is 10.1. The van der Waals surface area contributed by atoms with E-state index < -0.39 is 17.9 Å². The van der Waals surface area contributed by atoms with Crippen LogP contribution < -0.4 is 16.4 Å². The minimum atomic E-state index is -0.886. The molecule has 7 nitrogen and oxygen atoms in total. The zero-order chi connectivity index (χ0) is 17.9. The number of nitrogens with one attached hydrogen (secondary N) is 2. The van der Waals surface area contributed by atoms with Gasteiger partial charge in [-0.15, -0.1) is 0 Å². The number of carbonyl (C=O) groups is 3. The third-order valence-corrected chi connectivity index (χ3v) is 3.48. The number of primary amides is 1. The Kier molecular flexibility index (Phi) is 7.99. The van der Waals surface area contributed by atoms with E-state index in [1.54, 1.807) is 0 Å². The molecule has 0 fully saturated rings. The number of amides is 3. The number of nitrogens with two attached hydrogens (primary N) is 1. The number of benzene rings is 1. The smallest absolute Gasteiger partial charge is 0.240 e. The highest BCUT2D eigenvalue weighted by Gasteiger charge is 2.18. The van der Waals surface area contributed by atoms with Gasteiger partial charge in [0.05, 0.1) is 12.1 Å². The van der Waals surface area contributed by atoms with Gasteiger partial charge in [0.2, 0.25) is 17.7 Å². The molecule has 1 rings (SSSR count). The van der Waals surface area contributed by atoms with Crippen LogP contribution >= 0.6 is 0 Å². The van der Waals surface area contributed by atoms with Crippen molar-refractivity contribution in [1.29, 1.82) is 5.26 Å². The van der Waals surface area contributed by atoms with E-state index in [0.29, 0.717) is 0 Å². The van der Waals surface area contributed by atoms with Gasteiger partial charge in [-0.2, -0.15) is 5.26 Å². The molecule has 7 heteroatoms. The van der Waals surface area contributed by atoms with Crippen molar-refractivity contribution in [1.82, 2.24) is 10.6 Å². The average molecular weight is 330 g/mol. The molecule has 128 valence electrons. The van der Waals surface area contributed by atoms with Gasteiger partial charge in [0, 0.05) is 19.3 Å². The number of nitriles is 1. The van der Waals surface area contributed by atoms with Gasteiger partial charge < -0.3 is 16.4 Å². The van der Waals surface area contributed by atoms with Gasteiger partial charge in [-0.1, -0.05) is 30.3 Å². The number of hydrogen-bond acceptors (Lipinski definition) is 4. The quantitative estimate of drug-likeness (QED) is 0.622. The van der Waals surface area contributed by atoms with Crippen LogP contribution in [0.2, 0.25) is 0 Å². The molecular formula is C17H22N4O3. The van der Waals surface area contributed by atoms with Crippen molar-refractivity contribution in [3.8, 4) is 6.07 Å². The molecule has 24 heavy (non-hydrogen) atoms. The minimum Gasteiger partial charge on any atom is -0.368 e. The Morgan fingerprint density at radius 2 is 1.71 bits per heavy atom. The molecule has 0 saturated carbocycles. The first-order valence-electron chi connectivity index (χ1n) is 7.74. The van der Waals surface area contributed by atoms with E-state index in [4.69, 9.17) is 11.0 Å². The lowest BCUT2D eigenvalue weighted by molar-refractivity contribution is -0.129. The fraction of sp³-hybridized carbons (Fsp3) is 0.412. The summed E-state index contributed by atoms with van der Waals surface area (Å²) in [5.41, 5.74) is 6.14. The minimum absolute atomic E-state index is 0.00669. The molecule has 1 aromatic carbocycles. The van der Waals surface area contributed by atoms with Gasteiger partial charge in [-0.05, 0) is 18.9 Å². The van der Waals surface area contributed by atoms with Gasteiger partial charge in [0.15, 0.2) is 0 Å². The fourth-order valence-electron chi connectivity index (χ4n) is 2.13. The van der Waals surface area contributed by atoms with Crippen molar-refractivity contribution in [3.63, 3.8) is 0 Å². The van der Waals surface area contributed by atoms with Crippen LogP contribution in [-0.4, -0.2) is 23.8 Å². The summed E-state index contributed by atoms with van der Waals surface area (Å²) in [6.45, 7) is 1.86. The summed E-state index contributed by atoms with van der Waals surface area (Å²) < 4.78 is 0. The molecule has 4 N–H and O–H groups in total. The second-order valence-electron chi connectivity index (χ2n) is 5.42. The van der Waals surface area contributed by atoms with Crippen LogP contribution in [-0.2, 0) is 14.4 Å². The molecule has 0 aliphatic carbocycles. The molecule has 0 saturated heterocycles. The summed E-state index contributed by atoms with van der Waals surface area (Å²) in [5.74, 6) is -1.39. The summed E-state index contributed by atoms with van der Waals surface area (Å²) in [4.78, 5) is 34.9. The Hall–Kier alpha value is -2.88. The maximum absolute atomic E-state index is 11.9. The molecule has 1 aromatic rings. The largest absolute Gasteiger partial charge is 0.368 e. The van der Waals surface area contributed by atoms with Crippen LogP contribution in [0, 0.1) is 11.3 Å². The molecule has 0 spiro atoms. The second kappa shape index (κ2) is 10.0. The SMILES string of the molecule is C[C@@H](NC(=O)CCC(=O)N[C@H](CCC#N)C(N)=O)c1ccccc1.